The summed E-state index contributed by atoms with van der Waals surface area (Å²) in [6.45, 7) is 2.44. The van der Waals surface area contributed by atoms with Crippen LogP contribution in [0.15, 0.2) is 24.3 Å². The minimum atomic E-state index is -3.65. The third kappa shape index (κ3) is 3.46. The van der Waals surface area contributed by atoms with Crippen molar-refractivity contribution < 1.29 is 17.9 Å². The van der Waals surface area contributed by atoms with E-state index in [1.54, 1.807) is 17.7 Å². The maximum Gasteiger partial charge on any atom is 0.218 e. The van der Waals surface area contributed by atoms with Gasteiger partial charge in [-0.15, -0.1) is 0 Å². The lowest BCUT2D eigenvalue weighted by Crippen LogP contribution is -2.39. The summed E-state index contributed by atoms with van der Waals surface area (Å²) in [4.78, 5) is 0. The molecule has 0 fully saturated rings. The number of hydrogen-bond donors (Lipinski definition) is 1. The SMILES string of the molecule is C[C@@H](O)c1cc2n(n1)CCN(S(=O)(=O)Cc1cc(F)ccc1Cl)C2. The van der Waals surface area contributed by atoms with Crippen molar-refractivity contribution in [2.24, 2.45) is 0 Å². The Balaban J connectivity index is 1.82. The lowest BCUT2D eigenvalue weighted by molar-refractivity contribution is 0.192. The number of nitrogens with zero attached hydrogens (tertiary/aromatic N) is 3. The van der Waals surface area contributed by atoms with Crippen LogP contribution in [-0.4, -0.2) is 34.2 Å². The summed E-state index contributed by atoms with van der Waals surface area (Å²) in [7, 11) is -3.65. The molecule has 0 aliphatic carbocycles. The molecular formula is C15H17ClFN3O3S. The smallest absolute Gasteiger partial charge is 0.218 e. The second kappa shape index (κ2) is 6.44. The molecular weight excluding hydrogens is 357 g/mol. The van der Waals surface area contributed by atoms with E-state index in [2.05, 4.69) is 5.10 Å². The first kappa shape index (κ1) is 17.3. The Kier molecular flexibility index (Phi) is 4.65. The Bertz CT molecular complexity index is 867. The fraction of sp³-hybridized carbons (Fsp3) is 0.400. The highest BCUT2D eigenvalue weighted by Gasteiger charge is 2.29. The van der Waals surface area contributed by atoms with Gasteiger partial charge in [-0.3, -0.25) is 4.68 Å². The molecule has 2 aromatic rings. The molecule has 1 aromatic heterocycles. The van der Waals surface area contributed by atoms with Crippen molar-refractivity contribution in [2.75, 3.05) is 6.54 Å². The van der Waals surface area contributed by atoms with Gasteiger partial charge >= 0.3 is 0 Å². The van der Waals surface area contributed by atoms with Crippen LogP contribution >= 0.6 is 11.6 Å². The average Bonchev–Trinajstić information content (AvgIpc) is 2.94. The van der Waals surface area contributed by atoms with E-state index in [4.69, 9.17) is 11.6 Å². The van der Waals surface area contributed by atoms with E-state index in [9.17, 15) is 17.9 Å². The highest BCUT2D eigenvalue weighted by molar-refractivity contribution is 7.88. The first-order chi connectivity index (χ1) is 11.3. The monoisotopic (exact) mass is 373 g/mol. The van der Waals surface area contributed by atoms with Crippen molar-refractivity contribution in [2.45, 2.75) is 31.9 Å². The van der Waals surface area contributed by atoms with Gasteiger partial charge in [-0.2, -0.15) is 9.40 Å². The van der Waals surface area contributed by atoms with Gasteiger partial charge in [0.15, 0.2) is 0 Å². The van der Waals surface area contributed by atoms with E-state index in [0.717, 1.165) is 6.07 Å². The van der Waals surface area contributed by atoms with Crippen molar-refractivity contribution in [3.8, 4) is 0 Å². The van der Waals surface area contributed by atoms with Crippen LogP contribution in [0.1, 0.15) is 30.0 Å². The number of rotatable bonds is 4. The molecule has 9 heteroatoms. The third-order valence-corrected chi connectivity index (χ3v) is 6.09. The molecule has 130 valence electrons. The zero-order chi connectivity index (χ0) is 17.5. The van der Waals surface area contributed by atoms with Crippen LogP contribution in [0.2, 0.25) is 5.02 Å². The summed E-state index contributed by atoms with van der Waals surface area (Å²) < 4.78 is 41.6. The molecule has 0 bridgehead atoms. The predicted octanol–water partition coefficient (Wildman–Crippen LogP) is 2.07. The highest BCUT2D eigenvalue weighted by Crippen LogP contribution is 2.24. The predicted molar refractivity (Wildman–Crippen MR) is 87.3 cm³/mol. The molecule has 1 aliphatic heterocycles. The van der Waals surface area contributed by atoms with Crippen molar-refractivity contribution in [3.05, 3.63) is 52.1 Å². The lowest BCUT2D eigenvalue weighted by Gasteiger charge is -2.27. The molecule has 0 spiro atoms. The van der Waals surface area contributed by atoms with Crippen LogP contribution in [0.5, 0.6) is 0 Å². The number of aromatic nitrogens is 2. The average molecular weight is 374 g/mol. The summed E-state index contributed by atoms with van der Waals surface area (Å²) >= 11 is 5.97. The van der Waals surface area contributed by atoms with Crippen molar-refractivity contribution >= 4 is 21.6 Å². The Morgan fingerprint density at radius 2 is 2.12 bits per heavy atom. The zero-order valence-electron chi connectivity index (χ0n) is 13.0. The maximum absolute atomic E-state index is 13.3. The van der Waals surface area contributed by atoms with E-state index in [-0.39, 0.29) is 29.4 Å². The molecule has 0 saturated heterocycles. The van der Waals surface area contributed by atoms with Gasteiger partial charge in [-0.1, -0.05) is 11.6 Å². The van der Waals surface area contributed by atoms with Gasteiger partial charge in [0.05, 0.1) is 36.3 Å². The van der Waals surface area contributed by atoms with Crippen molar-refractivity contribution in [1.82, 2.24) is 14.1 Å². The number of fused-ring (bicyclic) bond motifs is 1. The van der Waals surface area contributed by atoms with E-state index >= 15 is 0 Å². The van der Waals surface area contributed by atoms with Crippen molar-refractivity contribution in [3.63, 3.8) is 0 Å². The number of halogens is 2. The standard InChI is InChI=1S/C15H17ClFN3O3S/c1-10(21)15-7-13-8-19(4-5-20(13)18-15)24(22,23)9-11-6-12(17)2-3-14(11)16/h2-3,6-7,10,21H,4-5,8-9H2,1H3/t10-/m1/s1. The molecule has 3 rings (SSSR count). The first-order valence-corrected chi connectivity index (χ1v) is 9.41. The molecule has 1 aromatic carbocycles. The number of benzene rings is 1. The second-order valence-electron chi connectivity index (χ2n) is 5.79. The van der Waals surface area contributed by atoms with Crippen LogP contribution in [0.4, 0.5) is 4.39 Å². The van der Waals surface area contributed by atoms with E-state index in [1.807, 2.05) is 0 Å². The van der Waals surface area contributed by atoms with E-state index < -0.39 is 21.9 Å². The molecule has 24 heavy (non-hydrogen) atoms. The molecule has 1 atom stereocenters. The molecule has 0 unspecified atom stereocenters. The van der Waals surface area contributed by atoms with Crippen LogP contribution in [-0.2, 0) is 28.9 Å². The Morgan fingerprint density at radius 1 is 1.38 bits per heavy atom. The van der Waals surface area contributed by atoms with Gasteiger partial charge < -0.3 is 5.11 Å². The fourth-order valence-electron chi connectivity index (χ4n) is 2.65. The summed E-state index contributed by atoms with van der Waals surface area (Å²) in [6.07, 6.45) is -0.709. The summed E-state index contributed by atoms with van der Waals surface area (Å²) in [5.74, 6) is -0.885. The van der Waals surface area contributed by atoms with Crippen LogP contribution < -0.4 is 0 Å². The number of hydrogen-bond acceptors (Lipinski definition) is 4. The topological polar surface area (TPSA) is 75.4 Å². The molecule has 2 heterocycles. The van der Waals surface area contributed by atoms with Crippen LogP contribution in [0.25, 0.3) is 0 Å². The van der Waals surface area contributed by atoms with Gasteiger partial charge in [0.1, 0.15) is 5.82 Å². The van der Waals surface area contributed by atoms with Gasteiger partial charge in [0.2, 0.25) is 10.0 Å². The van der Waals surface area contributed by atoms with Gasteiger partial charge in [-0.05, 0) is 36.8 Å². The second-order valence-corrected chi connectivity index (χ2v) is 8.16. The quantitative estimate of drug-likeness (QED) is 0.890. The molecule has 0 amide bonds. The molecule has 1 N–H and O–H groups in total. The third-order valence-electron chi connectivity index (χ3n) is 3.95. The van der Waals surface area contributed by atoms with Gasteiger partial charge in [0, 0.05) is 11.6 Å². The summed E-state index contributed by atoms with van der Waals surface area (Å²) in [5.41, 5.74) is 1.46. The minimum absolute atomic E-state index is 0.162. The molecule has 6 nitrogen and oxygen atoms in total. The first-order valence-electron chi connectivity index (χ1n) is 7.43. The minimum Gasteiger partial charge on any atom is -0.387 e. The number of sulfonamides is 1. The Labute approximate surface area is 144 Å². The summed E-state index contributed by atoms with van der Waals surface area (Å²) in [6, 6.07) is 5.37. The molecule has 0 radical (unpaired) electrons. The summed E-state index contributed by atoms with van der Waals surface area (Å²) in [5, 5.41) is 14.1. The van der Waals surface area contributed by atoms with Crippen molar-refractivity contribution in [1.29, 1.82) is 0 Å². The maximum atomic E-state index is 13.3. The van der Waals surface area contributed by atoms with E-state index in [1.165, 1.54) is 16.4 Å². The normalized spacial score (nSPS) is 16.8. The zero-order valence-corrected chi connectivity index (χ0v) is 14.6. The Morgan fingerprint density at radius 3 is 2.83 bits per heavy atom. The number of aliphatic hydroxyl groups excluding tert-OH is 1. The Hall–Kier alpha value is -1.48. The highest BCUT2D eigenvalue weighted by atomic mass is 35.5. The number of aliphatic hydroxyl groups is 1. The fourth-order valence-corrected chi connectivity index (χ4v) is 4.41. The van der Waals surface area contributed by atoms with Crippen LogP contribution in [0.3, 0.4) is 0 Å². The van der Waals surface area contributed by atoms with Crippen LogP contribution in [0, 0.1) is 5.82 Å². The molecule has 0 saturated carbocycles. The molecule has 1 aliphatic rings. The van der Waals surface area contributed by atoms with E-state index in [0.29, 0.717) is 17.9 Å². The van der Waals surface area contributed by atoms with Gasteiger partial charge in [-0.25, -0.2) is 12.8 Å². The van der Waals surface area contributed by atoms with Gasteiger partial charge in [0.25, 0.3) is 0 Å². The lowest BCUT2D eigenvalue weighted by atomic mass is 10.2. The largest absolute Gasteiger partial charge is 0.387 e.